The van der Waals surface area contributed by atoms with Crippen molar-refractivity contribution >= 4 is 34.4 Å². The van der Waals surface area contributed by atoms with Gasteiger partial charge in [0, 0.05) is 41.6 Å². The van der Waals surface area contributed by atoms with Crippen molar-refractivity contribution in [1.82, 2.24) is 9.55 Å². The Bertz CT molecular complexity index is 1630. The summed E-state index contributed by atoms with van der Waals surface area (Å²) in [5.41, 5.74) is 1.45. The maximum atomic E-state index is 12.7. The van der Waals surface area contributed by atoms with Crippen molar-refractivity contribution in [2.75, 3.05) is 11.0 Å². The van der Waals surface area contributed by atoms with E-state index in [9.17, 15) is 27.6 Å². The zero-order valence-electron chi connectivity index (χ0n) is 21.0. The summed E-state index contributed by atoms with van der Waals surface area (Å²) in [6.45, 7) is 0. The van der Waals surface area contributed by atoms with Gasteiger partial charge in [-0.1, -0.05) is 0 Å². The fraction of sp³-hybridized carbons (Fsp3) is 0.480. The number of sulfonamides is 1. The summed E-state index contributed by atoms with van der Waals surface area (Å²) in [5.74, 6) is 0.905. The summed E-state index contributed by atoms with van der Waals surface area (Å²) in [5, 5.41) is 0.690. The molecule has 2 heterocycles. The molecule has 0 spiro atoms. The smallest absolute Gasteiger partial charge is 0.469 e. The van der Waals surface area contributed by atoms with E-state index in [1.807, 2.05) is 0 Å². The lowest BCUT2D eigenvalue weighted by molar-refractivity contribution is -0.160. The van der Waals surface area contributed by atoms with Gasteiger partial charge in [-0.2, -0.15) is 0 Å². The zero-order chi connectivity index (χ0) is 27.0. The SMILES string of the molecule is Cn1cc(-c2cc(NS(C)(=O)=O)ccc2OC23CC4CC(C2)C(OP(=O)(O)O)C(C4)C3)c2cc[nH]c2c1=O. The molecule has 11 nitrogen and oxygen atoms in total. The van der Waals surface area contributed by atoms with Crippen LogP contribution < -0.4 is 15.0 Å². The number of phosphoric acid groups is 1. The molecular weight excluding hydrogens is 533 g/mol. The Hall–Kier alpha value is -2.63. The Morgan fingerprint density at radius 1 is 1.13 bits per heavy atom. The zero-order valence-corrected chi connectivity index (χ0v) is 22.7. The quantitative estimate of drug-likeness (QED) is 0.319. The van der Waals surface area contributed by atoms with E-state index in [0.29, 0.717) is 52.2 Å². The Morgan fingerprint density at radius 3 is 2.50 bits per heavy atom. The van der Waals surface area contributed by atoms with Crippen molar-refractivity contribution < 1.29 is 32.0 Å². The van der Waals surface area contributed by atoms with Crippen LogP contribution in [-0.4, -0.2) is 45.7 Å². The van der Waals surface area contributed by atoms with E-state index in [1.165, 1.54) is 4.57 Å². The summed E-state index contributed by atoms with van der Waals surface area (Å²) in [6, 6.07) is 6.91. The van der Waals surface area contributed by atoms with Crippen molar-refractivity contribution in [2.45, 2.75) is 43.8 Å². The Kier molecular flexibility index (Phi) is 5.86. The monoisotopic (exact) mass is 563 g/mol. The standard InChI is InChI=1S/C25H30N3O8PS/c1-28-13-20(18-5-6-26-22(18)24(28)29)19-9-17(27-38(2,33)34)3-4-21(19)35-25-10-14-7-15(11-25)23(16(8-14)12-25)36-37(30,31)32/h3-6,9,13-16,23,26-27H,7-8,10-12H2,1-2H3,(H2,30,31,32). The number of aromatic nitrogens is 2. The van der Waals surface area contributed by atoms with Crippen LogP contribution in [0.25, 0.3) is 22.0 Å². The van der Waals surface area contributed by atoms with E-state index >= 15 is 0 Å². The number of hydrogen-bond acceptors (Lipinski definition) is 6. The second kappa shape index (κ2) is 8.69. The summed E-state index contributed by atoms with van der Waals surface area (Å²) >= 11 is 0. The van der Waals surface area contributed by atoms with Crippen LogP contribution in [0.1, 0.15) is 32.1 Å². The molecule has 0 radical (unpaired) electrons. The lowest BCUT2D eigenvalue weighted by Crippen LogP contribution is -2.59. The van der Waals surface area contributed by atoms with Crippen LogP contribution in [-0.2, 0) is 26.2 Å². The lowest BCUT2D eigenvalue weighted by atomic mass is 9.53. The molecule has 4 fully saturated rings. The van der Waals surface area contributed by atoms with Gasteiger partial charge < -0.3 is 24.1 Å². The molecule has 13 heteroatoms. The molecule has 204 valence electrons. The summed E-state index contributed by atoms with van der Waals surface area (Å²) < 4.78 is 51.6. The molecule has 4 bridgehead atoms. The Morgan fingerprint density at radius 2 is 1.84 bits per heavy atom. The van der Waals surface area contributed by atoms with Crippen LogP contribution in [0, 0.1) is 17.8 Å². The molecule has 0 amide bonds. The van der Waals surface area contributed by atoms with E-state index in [0.717, 1.165) is 25.5 Å². The summed E-state index contributed by atoms with van der Waals surface area (Å²) in [4.78, 5) is 34.6. The third kappa shape index (κ3) is 4.69. The second-order valence-corrected chi connectivity index (χ2v) is 14.1. The predicted molar refractivity (Wildman–Crippen MR) is 141 cm³/mol. The molecule has 1 aromatic carbocycles. The molecule has 2 atom stereocenters. The van der Waals surface area contributed by atoms with Crippen LogP contribution in [0.2, 0.25) is 0 Å². The van der Waals surface area contributed by atoms with E-state index in [-0.39, 0.29) is 17.4 Å². The van der Waals surface area contributed by atoms with Crippen LogP contribution in [0.3, 0.4) is 0 Å². The Labute approximate surface area is 219 Å². The molecule has 3 aromatic rings. The van der Waals surface area contributed by atoms with Gasteiger partial charge in [0.25, 0.3) is 5.56 Å². The number of rotatable bonds is 7. The summed E-state index contributed by atoms with van der Waals surface area (Å²) in [7, 11) is -6.48. The number of pyridine rings is 1. The van der Waals surface area contributed by atoms with Crippen molar-refractivity contribution in [2.24, 2.45) is 24.8 Å². The molecule has 2 unspecified atom stereocenters. The first kappa shape index (κ1) is 25.6. The first-order valence-electron chi connectivity index (χ1n) is 12.5. The van der Waals surface area contributed by atoms with E-state index in [2.05, 4.69) is 9.71 Å². The number of nitrogens with one attached hydrogen (secondary N) is 2. The van der Waals surface area contributed by atoms with Gasteiger partial charge in [0.1, 0.15) is 16.9 Å². The number of aryl methyl sites for hydroxylation is 1. The van der Waals surface area contributed by atoms with Gasteiger partial charge in [-0.3, -0.25) is 14.0 Å². The van der Waals surface area contributed by atoms with E-state index in [1.54, 1.807) is 43.7 Å². The van der Waals surface area contributed by atoms with Gasteiger partial charge >= 0.3 is 7.82 Å². The highest BCUT2D eigenvalue weighted by atomic mass is 32.2. The van der Waals surface area contributed by atoms with Crippen LogP contribution in [0.4, 0.5) is 5.69 Å². The number of anilines is 1. The molecule has 4 aliphatic carbocycles. The van der Waals surface area contributed by atoms with Gasteiger partial charge in [0.2, 0.25) is 10.0 Å². The van der Waals surface area contributed by atoms with Crippen LogP contribution in [0.15, 0.2) is 41.5 Å². The highest BCUT2D eigenvalue weighted by molar-refractivity contribution is 7.92. The minimum atomic E-state index is -4.61. The number of ether oxygens (including phenoxy) is 1. The number of aromatic amines is 1. The molecule has 2 aromatic heterocycles. The maximum Gasteiger partial charge on any atom is 0.469 e. The van der Waals surface area contributed by atoms with E-state index in [4.69, 9.17) is 9.26 Å². The molecular formula is C25H30N3O8PS. The predicted octanol–water partition coefficient (Wildman–Crippen LogP) is 3.34. The van der Waals surface area contributed by atoms with Gasteiger partial charge in [-0.25, -0.2) is 13.0 Å². The minimum absolute atomic E-state index is 0.0163. The van der Waals surface area contributed by atoms with Crippen LogP contribution >= 0.6 is 7.82 Å². The molecule has 0 saturated heterocycles. The normalized spacial score (nSPS) is 28.6. The molecule has 4 aliphatic rings. The highest BCUT2D eigenvalue weighted by Gasteiger charge is 2.58. The first-order chi connectivity index (χ1) is 17.8. The summed E-state index contributed by atoms with van der Waals surface area (Å²) in [6.07, 6.45) is 7.75. The third-order valence-corrected chi connectivity index (χ3v) is 9.31. The number of fused-ring (bicyclic) bond motifs is 1. The largest absolute Gasteiger partial charge is 0.487 e. The number of nitrogens with zero attached hydrogens (tertiary/aromatic N) is 1. The molecule has 4 N–H and O–H groups in total. The van der Waals surface area contributed by atoms with Crippen molar-refractivity contribution in [1.29, 1.82) is 0 Å². The number of H-pyrrole nitrogens is 1. The fourth-order valence-electron chi connectivity index (χ4n) is 7.18. The highest BCUT2D eigenvalue weighted by Crippen LogP contribution is 2.60. The number of benzene rings is 1. The van der Waals surface area contributed by atoms with Crippen molar-refractivity contribution in [3.8, 4) is 16.9 Å². The number of hydrogen-bond donors (Lipinski definition) is 4. The van der Waals surface area contributed by atoms with Crippen LogP contribution in [0.5, 0.6) is 5.75 Å². The van der Waals surface area contributed by atoms with Gasteiger partial charge in [0.15, 0.2) is 0 Å². The van der Waals surface area contributed by atoms with Crippen molar-refractivity contribution in [3.63, 3.8) is 0 Å². The lowest BCUT2D eigenvalue weighted by Gasteiger charge is -2.59. The first-order valence-corrected chi connectivity index (χ1v) is 15.9. The Balaban J connectivity index is 1.42. The van der Waals surface area contributed by atoms with Gasteiger partial charge in [0.05, 0.1) is 12.4 Å². The third-order valence-electron chi connectivity index (χ3n) is 8.18. The number of phosphoric ester groups is 1. The molecule has 0 aliphatic heterocycles. The minimum Gasteiger partial charge on any atom is -0.487 e. The average Bonchev–Trinajstić information content (AvgIpc) is 3.28. The second-order valence-electron chi connectivity index (χ2n) is 11.1. The average molecular weight is 564 g/mol. The molecule has 7 rings (SSSR count). The van der Waals surface area contributed by atoms with Gasteiger partial charge in [-0.15, -0.1) is 0 Å². The van der Waals surface area contributed by atoms with E-state index < -0.39 is 29.6 Å². The topological polar surface area (TPSA) is 160 Å². The van der Waals surface area contributed by atoms with Gasteiger partial charge in [-0.05, 0) is 74.1 Å². The maximum absolute atomic E-state index is 12.7. The fourth-order valence-corrected chi connectivity index (χ4v) is 8.40. The van der Waals surface area contributed by atoms with Crippen molar-refractivity contribution in [3.05, 3.63) is 47.0 Å². The molecule has 38 heavy (non-hydrogen) atoms. The molecule has 4 saturated carbocycles.